The fourth-order valence-electron chi connectivity index (χ4n) is 3.52. The van der Waals surface area contributed by atoms with E-state index in [0.29, 0.717) is 0 Å². The van der Waals surface area contributed by atoms with Gasteiger partial charge in [-0.15, -0.1) is 0 Å². The second-order valence-electron chi connectivity index (χ2n) is 5.89. The summed E-state index contributed by atoms with van der Waals surface area (Å²) in [5.74, 6) is 7.18. The van der Waals surface area contributed by atoms with E-state index in [2.05, 4.69) is 34.6 Å². The first-order valence-electron chi connectivity index (χ1n) is 6.04. The average Bonchev–Trinajstić information content (AvgIpc) is 2.84. The molecule has 0 aliphatic heterocycles. The van der Waals surface area contributed by atoms with Crippen LogP contribution in [-0.4, -0.2) is 0 Å². The maximum atomic E-state index is 2.47. The average molecular weight is 180 g/mol. The Labute approximate surface area is 83.1 Å². The standard InChI is InChI=1S/C13H24/c1-7(13-10(4)11(13)5)6-12-8(2)9(12)3/h7-13H,6H2,1-5H3. The smallest absolute Gasteiger partial charge is 0.0331 e. The maximum Gasteiger partial charge on any atom is -0.0331 e. The molecular formula is C13H24. The molecule has 2 saturated carbocycles. The molecule has 0 bridgehead atoms. The van der Waals surface area contributed by atoms with Gasteiger partial charge in [0.25, 0.3) is 0 Å². The predicted octanol–water partition coefficient (Wildman–Crippen LogP) is 3.82. The molecule has 0 heteroatoms. The molecule has 2 aliphatic carbocycles. The summed E-state index contributed by atoms with van der Waals surface area (Å²) in [7, 11) is 0. The lowest BCUT2D eigenvalue weighted by Gasteiger charge is -2.10. The van der Waals surface area contributed by atoms with Crippen LogP contribution in [0.15, 0.2) is 0 Å². The van der Waals surface area contributed by atoms with Crippen molar-refractivity contribution >= 4 is 0 Å². The number of hydrogen-bond acceptors (Lipinski definition) is 0. The molecule has 0 radical (unpaired) electrons. The van der Waals surface area contributed by atoms with Gasteiger partial charge in [0.05, 0.1) is 0 Å². The van der Waals surface area contributed by atoms with Crippen LogP contribution in [-0.2, 0) is 0 Å². The second kappa shape index (κ2) is 3.00. The fourth-order valence-corrected chi connectivity index (χ4v) is 3.52. The van der Waals surface area contributed by atoms with E-state index >= 15 is 0 Å². The van der Waals surface area contributed by atoms with E-state index in [9.17, 15) is 0 Å². The molecule has 5 unspecified atom stereocenters. The first-order valence-corrected chi connectivity index (χ1v) is 6.04. The lowest BCUT2D eigenvalue weighted by atomic mass is 9.96. The van der Waals surface area contributed by atoms with Crippen LogP contribution in [0.3, 0.4) is 0 Å². The minimum atomic E-state index is 0.988. The van der Waals surface area contributed by atoms with Crippen LogP contribution < -0.4 is 0 Å². The van der Waals surface area contributed by atoms with Gasteiger partial charge in [0, 0.05) is 0 Å². The van der Waals surface area contributed by atoms with E-state index in [0.717, 1.165) is 41.4 Å². The van der Waals surface area contributed by atoms with Crippen molar-refractivity contribution in [3.63, 3.8) is 0 Å². The molecule has 0 aromatic rings. The minimum Gasteiger partial charge on any atom is -0.0622 e. The summed E-state index contributed by atoms with van der Waals surface area (Å²) in [6.45, 7) is 12.2. The third kappa shape index (κ3) is 1.53. The van der Waals surface area contributed by atoms with Gasteiger partial charge in [0.2, 0.25) is 0 Å². The van der Waals surface area contributed by atoms with Gasteiger partial charge in [0.1, 0.15) is 0 Å². The molecule has 13 heavy (non-hydrogen) atoms. The molecule has 0 spiro atoms. The van der Waals surface area contributed by atoms with Crippen LogP contribution in [0.25, 0.3) is 0 Å². The van der Waals surface area contributed by atoms with E-state index < -0.39 is 0 Å². The highest BCUT2D eigenvalue weighted by atomic mass is 14.5. The number of hydrogen-bond donors (Lipinski definition) is 0. The monoisotopic (exact) mass is 180 g/mol. The molecule has 0 nitrogen and oxygen atoms in total. The van der Waals surface area contributed by atoms with E-state index in [1.54, 1.807) is 0 Å². The summed E-state index contributed by atoms with van der Waals surface area (Å²) < 4.78 is 0. The van der Waals surface area contributed by atoms with E-state index in [4.69, 9.17) is 0 Å². The van der Waals surface area contributed by atoms with Crippen molar-refractivity contribution in [3.8, 4) is 0 Å². The Morgan fingerprint density at radius 1 is 0.846 bits per heavy atom. The Kier molecular flexibility index (Phi) is 2.20. The predicted molar refractivity (Wildman–Crippen MR) is 57.4 cm³/mol. The van der Waals surface area contributed by atoms with Crippen molar-refractivity contribution in [2.24, 2.45) is 41.4 Å². The lowest BCUT2D eigenvalue weighted by molar-refractivity contribution is 0.398. The van der Waals surface area contributed by atoms with E-state index in [1.165, 1.54) is 6.42 Å². The third-order valence-electron chi connectivity index (χ3n) is 5.24. The molecular weight excluding hydrogens is 156 g/mol. The highest BCUT2D eigenvalue weighted by molar-refractivity contribution is 4.98. The molecule has 0 heterocycles. The van der Waals surface area contributed by atoms with Crippen LogP contribution in [0.2, 0.25) is 0 Å². The Hall–Kier alpha value is 0. The topological polar surface area (TPSA) is 0 Å². The van der Waals surface area contributed by atoms with Crippen molar-refractivity contribution in [3.05, 3.63) is 0 Å². The summed E-state index contributed by atoms with van der Waals surface area (Å²) in [4.78, 5) is 0. The van der Waals surface area contributed by atoms with Crippen molar-refractivity contribution in [1.82, 2.24) is 0 Å². The zero-order chi connectivity index (χ0) is 9.75. The fraction of sp³-hybridized carbons (Fsp3) is 1.00. The van der Waals surface area contributed by atoms with Crippen LogP contribution in [0, 0.1) is 41.4 Å². The molecule has 76 valence electrons. The zero-order valence-electron chi connectivity index (χ0n) is 9.75. The van der Waals surface area contributed by atoms with Crippen LogP contribution in [0.1, 0.15) is 41.0 Å². The van der Waals surface area contributed by atoms with Crippen molar-refractivity contribution < 1.29 is 0 Å². The molecule has 5 atom stereocenters. The van der Waals surface area contributed by atoms with Crippen LogP contribution in [0.4, 0.5) is 0 Å². The van der Waals surface area contributed by atoms with Gasteiger partial charge in [-0.1, -0.05) is 34.6 Å². The Bertz CT molecular complexity index is 180. The largest absolute Gasteiger partial charge is 0.0622 e. The summed E-state index contributed by atoms with van der Waals surface area (Å²) in [6, 6.07) is 0. The van der Waals surface area contributed by atoms with Gasteiger partial charge in [0.15, 0.2) is 0 Å². The molecule has 0 aromatic carbocycles. The van der Waals surface area contributed by atoms with E-state index in [-0.39, 0.29) is 0 Å². The van der Waals surface area contributed by atoms with Gasteiger partial charge in [-0.05, 0) is 47.8 Å². The highest BCUT2D eigenvalue weighted by Gasteiger charge is 2.50. The summed E-state index contributed by atoms with van der Waals surface area (Å²) >= 11 is 0. The Morgan fingerprint density at radius 2 is 1.31 bits per heavy atom. The molecule has 0 N–H and O–H groups in total. The SMILES string of the molecule is CC(CC1C(C)C1C)C1C(C)C1C. The Morgan fingerprint density at radius 3 is 1.62 bits per heavy atom. The minimum absolute atomic E-state index is 0.988. The molecule has 0 saturated heterocycles. The molecule has 2 fully saturated rings. The summed E-state index contributed by atoms with van der Waals surface area (Å²) in [6.07, 6.45) is 1.50. The zero-order valence-corrected chi connectivity index (χ0v) is 9.75. The van der Waals surface area contributed by atoms with Gasteiger partial charge in [-0.2, -0.15) is 0 Å². The number of rotatable bonds is 3. The highest BCUT2D eigenvalue weighted by Crippen LogP contribution is 2.56. The van der Waals surface area contributed by atoms with Crippen molar-refractivity contribution in [2.45, 2.75) is 41.0 Å². The first-order chi connectivity index (χ1) is 6.04. The molecule has 2 aliphatic rings. The lowest BCUT2D eigenvalue weighted by Crippen LogP contribution is -2.01. The second-order valence-corrected chi connectivity index (χ2v) is 5.89. The van der Waals surface area contributed by atoms with Gasteiger partial charge in [-0.25, -0.2) is 0 Å². The van der Waals surface area contributed by atoms with Crippen molar-refractivity contribution in [1.29, 1.82) is 0 Å². The van der Waals surface area contributed by atoms with Gasteiger partial charge >= 0.3 is 0 Å². The molecule has 0 aromatic heterocycles. The third-order valence-corrected chi connectivity index (χ3v) is 5.24. The van der Waals surface area contributed by atoms with Crippen LogP contribution in [0.5, 0.6) is 0 Å². The summed E-state index contributed by atoms with van der Waals surface area (Å²) in [5.41, 5.74) is 0. The Balaban J connectivity index is 1.77. The van der Waals surface area contributed by atoms with Crippen molar-refractivity contribution in [2.75, 3.05) is 0 Å². The molecule has 2 rings (SSSR count). The van der Waals surface area contributed by atoms with Gasteiger partial charge < -0.3 is 0 Å². The van der Waals surface area contributed by atoms with E-state index in [1.807, 2.05) is 0 Å². The normalized spacial score (nSPS) is 56.1. The molecule has 0 amide bonds. The quantitative estimate of drug-likeness (QED) is 0.619. The summed E-state index contributed by atoms with van der Waals surface area (Å²) in [5, 5.41) is 0. The van der Waals surface area contributed by atoms with Gasteiger partial charge in [-0.3, -0.25) is 0 Å². The maximum absolute atomic E-state index is 2.47. The first kappa shape index (κ1) is 9.55. The van der Waals surface area contributed by atoms with Crippen LogP contribution >= 0.6 is 0 Å².